The third-order valence-electron chi connectivity index (χ3n) is 5.05. The Morgan fingerprint density at radius 3 is 2.43 bits per heavy atom. The van der Waals surface area contributed by atoms with Crippen LogP contribution in [0.1, 0.15) is 19.3 Å². The third kappa shape index (κ3) is 5.39. The molecule has 1 aliphatic heterocycles. The smallest absolute Gasteiger partial charge is 0.244 e. The lowest BCUT2D eigenvalue weighted by atomic mass is 9.78. The van der Waals surface area contributed by atoms with Gasteiger partial charge in [-0.05, 0) is 55.3 Å². The van der Waals surface area contributed by atoms with Crippen molar-refractivity contribution in [2.75, 3.05) is 19.7 Å². The van der Waals surface area contributed by atoms with E-state index in [0.717, 1.165) is 0 Å². The van der Waals surface area contributed by atoms with Gasteiger partial charge in [0.05, 0.1) is 11.6 Å². The fourth-order valence-corrected chi connectivity index (χ4v) is 6.09. The molecule has 6 nitrogen and oxygen atoms in total. The van der Waals surface area contributed by atoms with Gasteiger partial charge < -0.3 is 10.5 Å². The lowest BCUT2D eigenvalue weighted by Gasteiger charge is -2.41. The molecular weight excluding hydrogens is 471 g/mol. The highest BCUT2D eigenvalue weighted by atomic mass is 35.5. The summed E-state index contributed by atoms with van der Waals surface area (Å²) in [6.07, 6.45) is 1.14. The fourth-order valence-electron chi connectivity index (χ4n) is 3.63. The number of nitrogens with zero attached hydrogens (tertiary/aromatic N) is 1. The summed E-state index contributed by atoms with van der Waals surface area (Å²) in [6, 6.07) is 11.1. The van der Waals surface area contributed by atoms with Gasteiger partial charge in [0, 0.05) is 35.0 Å². The van der Waals surface area contributed by atoms with Crippen LogP contribution in [-0.2, 0) is 14.8 Å². The van der Waals surface area contributed by atoms with Crippen molar-refractivity contribution < 1.29 is 17.9 Å². The Morgan fingerprint density at radius 2 is 1.77 bits per heavy atom. The van der Waals surface area contributed by atoms with Crippen LogP contribution in [0.3, 0.4) is 0 Å². The van der Waals surface area contributed by atoms with E-state index in [1.807, 2.05) is 0 Å². The standard InChI is InChI=1S/C20H21Cl3N2O4S/c21-14-2-5-16(6-3-14)29-13-20(11-19(24)26)8-1-9-25(12-20)30(27,28)18-10-15(22)4-7-17(18)23/h2-7,10H,1,8-9,11-13H2,(H2,24,26). The second kappa shape index (κ2) is 9.32. The molecule has 1 atom stereocenters. The SMILES string of the molecule is NC(=O)CC1(COc2ccc(Cl)cc2)CCCN(S(=O)(=O)c2cc(Cl)ccc2Cl)C1. The molecule has 10 heteroatoms. The molecule has 1 aliphatic rings. The number of benzene rings is 2. The summed E-state index contributed by atoms with van der Waals surface area (Å²) in [5.74, 6) is 0.0517. The Labute approximate surface area is 190 Å². The summed E-state index contributed by atoms with van der Waals surface area (Å²) in [4.78, 5) is 11.7. The van der Waals surface area contributed by atoms with E-state index in [1.165, 1.54) is 22.5 Å². The zero-order valence-electron chi connectivity index (χ0n) is 16.0. The summed E-state index contributed by atoms with van der Waals surface area (Å²) in [7, 11) is -3.92. The molecule has 1 unspecified atom stereocenters. The summed E-state index contributed by atoms with van der Waals surface area (Å²) in [6.45, 7) is 0.508. The minimum atomic E-state index is -3.92. The van der Waals surface area contributed by atoms with Gasteiger partial charge >= 0.3 is 0 Å². The second-order valence-corrected chi connectivity index (χ2v) is 10.6. The number of amides is 1. The second-order valence-electron chi connectivity index (χ2n) is 7.40. The van der Waals surface area contributed by atoms with Crippen LogP contribution >= 0.6 is 34.8 Å². The predicted octanol–water partition coefficient (Wildman–Crippen LogP) is 4.37. The maximum absolute atomic E-state index is 13.3. The Bertz CT molecular complexity index is 1030. The van der Waals surface area contributed by atoms with E-state index in [4.69, 9.17) is 45.3 Å². The van der Waals surface area contributed by atoms with Crippen LogP contribution in [0.15, 0.2) is 47.4 Å². The van der Waals surface area contributed by atoms with Crippen molar-refractivity contribution in [3.8, 4) is 5.75 Å². The van der Waals surface area contributed by atoms with Crippen LogP contribution in [0.2, 0.25) is 15.1 Å². The molecule has 1 amide bonds. The normalized spacial score (nSPS) is 20.1. The zero-order chi connectivity index (χ0) is 21.9. The van der Waals surface area contributed by atoms with Crippen molar-refractivity contribution in [2.24, 2.45) is 11.1 Å². The third-order valence-corrected chi connectivity index (χ3v) is 7.86. The first kappa shape index (κ1) is 23.2. The van der Waals surface area contributed by atoms with Crippen LogP contribution in [0.25, 0.3) is 0 Å². The van der Waals surface area contributed by atoms with E-state index in [9.17, 15) is 13.2 Å². The highest BCUT2D eigenvalue weighted by Crippen LogP contribution is 2.38. The first-order chi connectivity index (χ1) is 14.1. The largest absolute Gasteiger partial charge is 0.493 e. The average molecular weight is 492 g/mol. The van der Waals surface area contributed by atoms with E-state index in [-0.39, 0.29) is 34.5 Å². The summed E-state index contributed by atoms with van der Waals surface area (Å²) in [5.41, 5.74) is 4.73. The monoisotopic (exact) mass is 490 g/mol. The van der Waals surface area contributed by atoms with E-state index in [2.05, 4.69) is 0 Å². The molecule has 0 aliphatic carbocycles. The molecule has 162 valence electrons. The maximum atomic E-state index is 13.3. The van der Waals surface area contributed by atoms with Crippen LogP contribution in [0.5, 0.6) is 5.75 Å². The van der Waals surface area contributed by atoms with Gasteiger partial charge in [0.15, 0.2) is 0 Å². The number of carbonyl (C=O) groups is 1. The zero-order valence-corrected chi connectivity index (χ0v) is 19.1. The number of halogens is 3. The van der Waals surface area contributed by atoms with E-state index in [0.29, 0.717) is 30.2 Å². The number of nitrogens with two attached hydrogens (primary N) is 1. The average Bonchev–Trinajstić information content (AvgIpc) is 2.69. The Kier molecular flexibility index (Phi) is 7.20. The first-order valence-corrected chi connectivity index (χ1v) is 11.8. The number of piperidine rings is 1. The van der Waals surface area contributed by atoms with E-state index >= 15 is 0 Å². The number of rotatable bonds is 7. The van der Waals surface area contributed by atoms with Gasteiger partial charge in [0.1, 0.15) is 10.6 Å². The topological polar surface area (TPSA) is 89.7 Å². The van der Waals surface area contributed by atoms with Crippen LogP contribution < -0.4 is 10.5 Å². The molecule has 1 fully saturated rings. The Balaban J connectivity index is 1.86. The highest BCUT2D eigenvalue weighted by Gasteiger charge is 2.42. The Morgan fingerprint density at radius 1 is 1.10 bits per heavy atom. The molecule has 30 heavy (non-hydrogen) atoms. The lowest BCUT2D eigenvalue weighted by Crippen LogP contribution is -2.50. The number of sulfonamides is 1. The molecule has 0 bridgehead atoms. The molecule has 1 saturated heterocycles. The van der Waals surface area contributed by atoms with Gasteiger partial charge in [-0.25, -0.2) is 8.42 Å². The van der Waals surface area contributed by atoms with Gasteiger partial charge in [-0.2, -0.15) is 4.31 Å². The van der Waals surface area contributed by atoms with Crippen LogP contribution in [-0.4, -0.2) is 38.3 Å². The van der Waals surface area contributed by atoms with Crippen molar-refractivity contribution in [1.82, 2.24) is 4.31 Å². The van der Waals surface area contributed by atoms with E-state index in [1.54, 1.807) is 24.3 Å². The van der Waals surface area contributed by atoms with Gasteiger partial charge in [-0.3, -0.25) is 4.79 Å². The molecule has 2 N–H and O–H groups in total. The van der Waals surface area contributed by atoms with Crippen molar-refractivity contribution in [3.05, 3.63) is 57.5 Å². The lowest BCUT2D eigenvalue weighted by molar-refractivity contribution is -0.121. The van der Waals surface area contributed by atoms with E-state index < -0.39 is 21.3 Å². The first-order valence-electron chi connectivity index (χ1n) is 9.23. The molecule has 0 aromatic heterocycles. The van der Waals surface area contributed by atoms with Gasteiger partial charge in [-0.15, -0.1) is 0 Å². The molecule has 0 spiro atoms. The van der Waals surface area contributed by atoms with Crippen molar-refractivity contribution >= 4 is 50.7 Å². The maximum Gasteiger partial charge on any atom is 0.244 e. The van der Waals surface area contributed by atoms with Gasteiger partial charge in [0.25, 0.3) is 0 Å². The van der Waals surface area contributed by atoms with Crippen LogP contribution in [0, 0.1) is 5.41 Å². The molecule has 0 radical (unpaired) electrons. The quantitative estimate of drug-likeness (QED) is 0.623. The van der Waals surface area contributed by atoms with Gasteiger partial charge in [-0.1, -0.05) is 34.8 Å². The molecule has 2 aromatic rings. The highest BCUT2D eigenvalue weighted by molar-refractivity contribution is 7.89. The van der Waals surface area contributed by atoms with Crippen molar-refractivity contribution in [1.29, 1.82) is 0 Å². The summed E-state index contributed by atoms with van der Waals surface area (Å²) >= 11 is 18.0. The molecule has 1 heterocycles. The van der Waals surface area contributed by atoms with Crippen molar-refractivity contribution in [3.63, 3.8) is 0 Å². The number of hydrogen-bond donors (Lipinski definition) is 1. The van der Waals surface area contributed by atoms with Crippen LogP contribution in [0.4, 0.5) is 0 Å². The molecule has 3 rings (SSSR count). The predicted molar refractivity (Wildman–Crippen MR) is 118 cm³/mol. The molecular formula is C20H21Cl3N2O4S. The Hall–Kier alpha value is -1.51. The number of hydrogen-bond acceptors (Lipinski definition) is 4. The number of ether oxygens (including phenoxy) is 1. The van der Waals surface area contributed by atoms with Crippen molar-refractivity contribution in [2.45, 2.75) is 24.2 Å². The van der Waals surface area contributed by atoms with Gasteiger partial charge in [0.2, 0.25) is 15.9 Å². The summed E-state index contributed by atoms with van der Waals surface area (Å²) in [5, 5.41) is 0.926. The molecule has 2 aromatic carbocycles. The number of primary amides is 1. The fraction of sp³-hybridized carbons (Fsp3) is 0.350. The summed E-state index contributed by atoms with van der Waals surface area (Å²) < 4.78 is 33.7. The number of carbonyl (C=O) groups excluding carboxylic acids is 1. The molecule has 0 saturated carbocycles. The minimum Gasteiger partial charge on any atom is -0.493 e. The minimum absolute atomic E-state index is 0.00408.